The van der Waals surface area contributed by atoms with Gasteiger partial charge in [-0.25, -0.2) is 0 Å². The van der Waals surface area contributed by atoms with Crippen molar-refractivity contribution in [3.05, 3.63) is 34.9 Å². The fourth-order valence-electron chi connectivity index (χ4n) is 1.41. The molecular formula is C12H18. The van der Waals surface area contributed by atoms with Crippen LogP contribution in [0, 0.1) is 13.8 Å². The van der Waals surface area contributed by atoms with Gasteiger partial charge in [0, 0.05) is 4.11 Å². The van der Waals surface area contributed by atoms with Crippen LogP contribution in [0.25, 0.3) is 0 Å². The van der Waals surface area contributed by atoms with E-state index in [-0.39, 0.29) is 17.0 Å². The normalized spacial score (nSPS) is 17.7. The molecule has 0 spiro atoms. The van der Waals surface area contributed by atoms with Crippen molar-refractivity contribution >= 4 is 0 Å². The Kier molecular flexibility index (Phi) is 1.24. The minimum absolute atomic E-state index is 0.0623. The highest BCUT2D eigenvalue weighted by molar-refractivity contribution is 5.34. The van der Waals surface area contributed by atoms with E-state index in [9.17, 15) is 0 Å². The second kappa shape index (κ2) is 2.93. The van der Waals surface area contributed by atoms with E-state index < -0.39 is 6.85 Å². The fraction of sp³-hybridized carbons (Fsp3) is 0.500. The molecule has 66 valence electrons. The van der Waals surface area contributed by atoms with Gasteiger partial charge in [0.05, 0.1) is 1.37 Å². The lowest BCUT2D eigenvalue weighted by atomic mass is 9.84. The van der Waals surface area contributed by atoms with Crippen LogP contribution in [0.2, 0.25) is 0 Å². The third kappa shape index (κ3) is 1.88. The molecule has 0 aliphatic carbocycles. The molecule has 0 bridgehead atoms. The number of benzene rings is 1. The van der Waals surface area contributed by atoms with E-state index in [4.69, 9.17) is 5.48 Å². The smallest absolute Gasteiger partial charge is 0.0590 e. The molecule has 0 aliphatic heterocycles. The molecule has 0 aromatic heterocycles. The van der Waals surface area contributed by atoms with Gasteiger partial charge in [0.1, 0.15) is 0 Å². The van der Waals surface area contributed by atoms with Gasteiger partial charge in [0.25, 0.3) is 0 Å². The van der Waals surface area contributed by atoms with E-state index >= 15 is 0 Å². The summed E-state index contributed by atoms with van der Waals surface area (Å²) in [5.41, 5.74) is 2.05. The van der Waals surface area contributed by atoms with Gasteiger partial charge in [-0.2, -0.15) is 0 Å². The lowest BCUT2D eigenvalue weighted by molar-refractivity contribution is 0.586. The molecule has 12 heavy (non-hydrogen) atoms. The summed E-state index contributed by atoms with van der Waals surface area (Å²) in [6, 6.07) is 3.41. The Bertz CT molecular complexity index is 357. The molecular weight excluding hydrogens is 144 g/mol. The first-order valence-corrected chi connectivity index (χ1v) is 4.15. The lowest BCUT2D eigenvalue weighted by Gasteiger charge is -2.21. The van der Waals surface area contributed by atoms with Gasteiger partial charge < -0.3 is 0 Å². The Morgan fingerprint density at radius 1 is 1.42 bits per heavy atom. The largest absolute Gasteiger partial charge is 0.0626 e. The van der Waals surface area contributed by atoms with Crippen LogP contribution in [0.3, 0.4) is 0 Å². The summed E-state index contributed by atoms with van der Waals surface area (Å²) in [5, 5.41) is 0. The Labute approximate surface area is 81.2 Å². The van der Waals surface area contributed by atoms with Crippen LogP contribution in [0.4, 0.5) is 0 Å². The van der Waals surface area contributed by atoms with Crippen LogP contribution < -0.4 is 0 Å². The second-order valence-electron chi connectivity index (χ2n) is 4.19. The second-order valence-corrected chi connectivity index (χ2v) is 4.19. The molecule has 0 amide bonds. The minimum Gasteiger partial charge on any atom is -0.0590 e. The summed E-state index contributed by atoms with van der Waals surface area (Å²) in [6.07, 6.45) is 0. The predicted octanol–water partition coefficient (Wildman–Crippen LogP) is 3.60. The van der Waals surface area contributed by atoms with E-state index in [2.05, 4.69) is 20.8 Å². The number of hydrogen-bond donors (Lipinski definition) is 0. The predicted molar refractivity (Wildman–Crippen MR) is 54.6 cm³/mol. The van der Waals surface area contributed by atoms with Crippen LogP contribution in [0.15, 0.2) is 18.2 Å². The molecule has 0 N–H and O–H groups in total. The maximum atomic E-state index is 7.78. The molecule has 0 nitrogen and oxygen atoms in total. The zero-order chi connectivity index (χ0) is 12.7. The summed E-state index contributed by atoms with van der Waals surface area (Å²) in [7, 11) is 0. The molecule has 0 fully saturated rings. The van der Waals surface area contributed by atoms with Crippen molar-refractivity contribution in [3.8, 4) is 0 Å². The van der Waals surface area contributed by atoms with Crippen LogP contribution in [0.1, 0.15) is 42.9 Å². The van der Waals surface area contributed by atoms with Crippen molar-refractivity contribution < 1.29 is 5.48 Å². The van der Waals surface area contributed by atoms with Crippen LogP contribution in [-0.2, 0) is 5.41 Å². The van der Waals surface area contributed by atoms with Crippen LogP contribution in [0.5, 0.6) is 0 Å². The molecule has 1 aromatic carbocycles. The van der Waals surface area contributed by atoms with Crippen molar-refractivity contribution in [1.29, 1.82) is 0 Å². The molecule has 0 heterocycles. The van der Waals surface area contributed by atoms with E-state index in [1.165, 1.54) is 0 Å². The first-order valence-electron chi connectivity index (χ1n) is 6.15. The van der Waals surface area contributed by atoms with Gasteiger partial charge in [0.2, 0.25) is 0 Å². The highest BCUT2D eigenvalue weighted by Crippen LogP contribution is 2.25. The molecule has 0 unspecified atom stereocenters. The first kappa shape index (κ1) is 5.06. The van der Waals surface area contributed by atoms with Gasteiger partial charge >= 0.3 is 0 Å². The zero-order valence-electron chi connectivity index (χ0n) is 12.2. The molecule has 0 radical (unpaired) electrons. The fourth-order valence-corrected chi connectivity index (χ4v) is 1.41. The molecule has 0 aliphatic rings. The van der Waals surface area contributed by atoms with Gasteiger partial charge in [-0.15, -0.1) is 0 Å². The van der Waals surface area contributed by atoms with Crippen LogP contribution in [-0.4, -0.2) is 0 Å². The minimum atomic E-state index is -2.20. The summed E-state index contributed by atoms with van der Waals surface area (Å²) in [6.45, 7) is 5.88. The quantitative estimate of drug-likeness (QED) is 0.552. The van der Waals surface area contributed by atoms with Gasteiger partial charge in [0.15, 0.2) is 0 Å². The van der Waals surface area contributed by atoms with Crippen molar-refractivity contribution in [2.45, 2.75) is 40.0 Å². The third-order valence-corrected chi connectivity index (χ3v) is 1.97. The monoisotopic (exact) mass is 166 g/mol. The van der Waals surface area contributed by atoms with Crippen molar-refractivity contribution in [3.63, 3.8) is 0 Å². The molecule has 1 rings (SSSR count). The topological polar surface area (TPSA) is 0 Å². The molecule has 0 saturated carbocycles. The SMILES string of the molecule is [2H]c1cc(C(C)(C)C)c(C)cc1C([2H])([2H])[2H]. The Morgan fingerprint density at radius 2 is 2.08 bits per heavy atom. The summed E-state index contributed by atoms with van der Waals surface area (Å²) >= 11 is 0. The Hall–Kier alpha value is -0.780. The summed E-state index contributed by atoms with van der Waals surface area (Å²) < 4.78 is 29.8. The van der Waals surface area contributed by atoms with E-state index in [1.807, 2.05) is 6.92 Å². The third-order valence-electron chi connectivity index (χ3n) is 1.97. The highest BCUT2D eigenvalue weighted by Gasteiger charge is 2.15. The number of hydrogen-bond acceptors (Lipinski definition) is 0. The van der Waals surface area contributed by atoms with E-state index in [1.54, 1.807) is 12.1 Å². The van der Waals surface area contributed by atoms with Gasteiger partial charge in [-0.05, 0) is 30.3 Å². The molecule has 0 saturated heterocycles. The maximum absolute atomic E-state index is 7.78. The average Bonchev–Trinajstić information content (AvgIpc) is 2.04. The number of rotatable bonds is 0. The van der Waals surface area contributed by atoms with Crippen molar-refractivity contribution in [1.82, 2.24) is 0 Å². The van der Waals surface area contributed by atoms with Gasteiger partial charge in [-0.1, -0.05) is 44.5 Å². The Morgan fingerprint density at radius 3 is 2.58 bits per heavy atom. The number of aryl methyl sites for hydroxylation is 2. The summed E-state index contributed by atoms with van der Waals surface area (Å²) in [5.74, 6) is 0. The lowest BCUT2D eigenvalue weighted by Crippen LogP contribution is -2.12. The standard InChI is InChI=1S/C12H18/c1-9-6-7-11(10(2)8-9)12(3,4)5/h6-8H,1-5H3/i1D3,6D. The highest BCUT2D eigenvalue weighted by atomic mass is 14.2. The van der Waals surface area contributed by atoms with E-state index in [0.29, 0.717) is 0 Å². The van der Waals surface area contributed by atoms with Crippen LogP contribution >= 0.6 is 0 Å². The van der Waals surface area contributed by atoms with Crippen molar-refractivity contribution in [2.75, 3.05) is 0 Å². The first-order chi connectivity index (χ1) is 7.03. The van der Waals surface area contributed by atoms with E-state index in [0.717, 1.165) is 11.1 Å². The average molecular weight is 166 g/mol. The Balaban J connectivity index is 3.40. The zero-order valence-corrected chi connectivity index (χ0v) is 8.15. The van der Waals surface area contributed by atoms with Crippen molar-refractivity contribution in [2.24, 2.45) is 0 Å². The maximum Gasteiger partial charge on any atom is 0.0626 e. The molecule has 0 heteroatoms. The molecule has 0 atom stereocenters. The summed E-state index contributed by atoms with van der Waals surface area (Å²) in [4.78, 5) is 0. The molecule has 1 aromatic rings. The van der Waals surface area contributed by atoms with Gasteiger partial charge in [-0.3, -0.25) is 0 Å².